The Kier molecular flexibility index (Phi) is 3.38. The number of carbonyl (C=O) groups excluding carboxylic acids is 1. The van der Waals surface area contributed by atoms with Crippen LogP contribution in [0.4, 0.5) is 13.2 Å². The first-order chi connectivity index (χ1) is 7.31. The van der Waals surface area contributed by atoms with Crippen molar-refractivity contribution in [3.63, 3.8) is 0 Å². The third kappa shape index (κ3) is 2.09. The fourth-order valence-corrected chi connectivity index (χ4v) is 1.17. The van der Waals surface area contributed by atoms with Gasteiger partial charge >= 0.3 is 0 Å². The molecule has 0 aliphatic carbocycles. The highest BCUT2D eigenvalue weighted by Gasteiger charge is 2.30. The van der Waals surface area contributed by atoms with E-state index in [4.69, 9.17) is 5.73 Å². The van der Waals surface area contributed by atoms with Gasteiger partial charge in [-0.25, -0.2) is 13.2 Å². The average Bonchev–Trinajstić information content (AvgIpc) is 2.25. The minimum absolute atomic E-state index is 0.268. The van der Waals surface area contributed by atoms with E-state index < -0.39 is 34.3 Å². The number of benzene rings is 1. The first-order valence-electron chi connectivity index (χ1n) is 4.78. The molecule has 0 fully saturated rings. The summed E-state index contributed by atoms with van der Waals surface area (Å²) in [6, 6.07) is 1.61. The molecule has 0 heterocycles. The number of Topliss-reactive ketones (excluding diaryl/α,β-unsaturated/α-hetero) is 1. The number of hydrogen-bond acceptors (Lipinski definition) is 2. The van der Waals surface area contributed by atoms with Gasteiger partial charge in [0.05, 0.1) is 11.1 Å². The minimum Gasteiger partial charge on any atom is -0.319 e. The van der Waals surface area contributed by atoms with Crippen molar-refractivity contribution in [3.05, 3.63) is 35.1 Å². The van der Waals surface area contributed by atoms with E-state index in [2.05, 4.69) is 0 Å². The maximum Gasteiger partial charge on any atom is 0.195 e. The van der Waals surface area contributed by atoms with Crippen LogP contribution in [-0.2, 0) is 0 Å². The molecule has 0 aromatic heterocycles. The zero-order valence-corrected chi connectivity index (χ0v) is 8.98. The molecule has 1 rings (SSSR count). The predicted octanol–water partition coefficient (Wildman–Crippen LogP) is 2.41. The van der Waals surface area contributed by atoms with Crippen molar-refractivity contribution in [2.24, 2.45) is 5.73 Å². The SMILES string of the molecule is CCC(C)(N)C(=O)c1ccc(F)c(F)c1F. The summed E-state index contributed by atoms with van der Waals surface area (Å²) < 4.78 is 38.8. The summed E-state index contributed by atoms with van der Waals surface area (Å²) in [5.41, 5.74) is 3.81. The summed E-state index contributed by atoms with van der Waals surface area (Å²) in [6.07, 6.45) is 0.268. The van der Waals surface area contributed by atoms with E-state index in [1.807, 2.05) is 0 Å². The molecule has 16 heavy (non-hydrogen) atoms. The van der Waals surface area contributed by atoms with E-state index in [0.717, 1.165) is 6.07 Å². The highest BCUT2D eigenvalue weighted by Crippen LogP contribution is 2.20. The van der Waals surface area contributed by atoms with Gasteiger partial charge in [0.1, 0.15) is 0 Å². The number of halogens is 3. The molecule has 0 aliphatic heterocycles. The Bertz CT molecular complexity index is 429. The van der Waals surface area contributed by atoms with Gasteiger partial charge in [-0.1, -0.05) is 6.92 Å². The highest BCUT2D eigenvalue weighted by molar-refractivity contribution is 6.03. The molecule has 1 unspecified atom stereocenters. The molecule has 0 saturated carbocycles. The number of carbonyl (C=O) groups is 1. The van der Waals surface area contributed by atoms with Gasteiger partial charge in [0.15, 0.2) is 23.2 Å². The average molecular weight is 231 g/mol. The molecule has 1 atom stereocenters. The van der Waals surface area contributed by atoms with Crippen LogP contribution in [0.2, 0.25) is 0 Å². The van der Waals surface area contributed by atoms with Crippen molar-refractivity contribution in [3.8, 4) is 0 Å². The fourth-order valence-electron chi connectivity index (χ4n) is 1.17. The van der Waals surface area contributed by atoms with Crippen molar-refractivity contribution in [2.45, 2.75) is 25.8 Å². The number of nitrogens with two attached hydrogens (primary N) is 1. The van der Waals surface area contributed by atoms with E-state index >= 15 is 0 Å². The first-order valence-corrected chi connectivity index (χ1v) is 4.78. The topological polar surface area (TPSA) is 43.1 Å². The Morgan fingerprint density at radius 3 is 2.38 bits per heavy atom. The molecule has 2 nitrogen and oxygen atoms in total. The van der Waals surface area contributed by atoms with Crippen LogP contribution in [-0.4, -0.2) is 11.3 Å². The molecular weight excluding hydrogens is 219 g/mol. The largest absolute Gasteiger partial charge is 0.319 e. The van der Waals surface area contributed by atoms with Crippen molar-refractivity contribution in [2.75, 3.05) is 0 Å². The normalized spacial score (nSPS) is 14.6. The molecular formula is C11H12F3NO. The van der Waals surface area contributed by atoms with Gasteiger partial charge in [0.2, 0.25) is 0 Å². The summed E-state index contributed by atoms with van der Waals surface area (Å²) in [4.78, 5) is 11.7. The maximum atomic E-state index is 13.3. The predicted molar refractivity (Wildman–Crippen MR) is 53.5 cm³/mol. The summed E-state index contributed by atoms with van der Waals surface area (Å²) in [5, 5.41) is 0. The van der Waals surface area contributed by atoms with Crippen LogP contribution in [0.5, 0.6) is 0 Å². The lowest BCUT2D eigenvalue weighted by Gasteiger charge is -2.21. The molecule has 1 aromatic carbocycles. The van der Waals surface area contributed by atoms with E-state index in [1.165, 1.54) is 6.92 Å². The second kappa shape index (κ2) is 4.25. The molecule has 5 heteroatoms. The summed E-state index contributed by atoms with van der Waals surface area (Å²) in [6.45, 7) is 3.06. The van der Waals surface area contributed by atoms with Crippen LogP contribution in [0.3, 0.4) is 0 Å². The van der Waals surface area contributed by atoms with Crippen molar-refractivity contribution in [1.82, 2.24) is 0 Å². The van der Waals surface area contributed by atoms with Crippen molar-refractivity contribution >= 4 is 5.78 Å². The second-order valence-electron chi connectivity index (χ2n) is 3.82. The van der Waals surface area contributed by atoms with E-state index in [1.54, 1.807) is 6.92 Å². The molecule has 0 saturated heterocycles. The van der Waals surface area contributed by atoms with Crippen molar-refractivity contribution < 1.29 is 18.0 Å². The van der Waals surface area contributed by atoms with Crippen LogP contribution in [0.25, 0.3) is 0 Å². The molecule has 0 spiro atoms. The van der Waals surface area contributed by atoms with E-state index in [0.29, 0.717) is 6.07 Å². The Balaban J connectivity index is 3.26. The van der Waals surface area contributed by atoms with E-state index in [-0.39, 0.29) is 6.42 Å². The zero-order chi connectivity index (χ0) is 12.5. The van der Waals surface area contributed by atoms with Gasteiger partial charge in [-0.05, 0) is 25.5 Å². The Morgan fingerprint density at radius 1 is 1.31 bits per heavy atom. The number of ketones is 1. The minimum atomic E-state index is -1.65. The van der Waals surface area contributed by atoms with Crippen LogP contribution in [0, 0.1) is 17.5 Å². The van der Waals surface area contributed by atoms with Gasteiger partial charge in [0, 0.05) is 0 Å². The van der Waals surface area contributed by atoms with E-state index in [9.17, 15) is 18.0 Å². The summed E-state index contributed by atoms with van der Waals surface area (Å²) in [5.74, 6) is -5.22. The molecule has 1 aromatic rings. The number of hydrogen-bond donors (Lipinski definition) is 1. The lowest BCUT2D eigenvalue weighted by atomic mass is 9.89. The Morgan fingerprint density at radius 2 is 1.88 bits per heavy atom. The standard InChI is InChI=1S/C11H12F3NO/c1-3-11(2,15)10(16)6-4-5-7(12)9(14)8(6)13/h4-5H,3,15H2,1-2H3. The lowest BCUT2D eigenvalue weighted by molar-refractivity contribution is 0.0892. The molecule has 0 bridgehead atoms. The Hall–Kier alpha value is -1.36. The van der Waals surface area contributed by atoms with Crippen LogP contribution < -0.4 is 5.73 Å². The monoisotopic (exact) mass is 231 g/mol. The molecule has 0 amide bonds. The second-order valence-corrected chi connectivity index (χ2v) is 3.82. The van der Waals surface area contributed by atoms with Gasteiger partial charge in [0.25, 0.3) is 0 Å². The third-order valence-corrected chi connectivity index (χ3v) is 2.53. The van der Waals surface area contributed by atoms with Crippen LogP contribution in [0.15, 0.2) is 12.1 Å². The van der Waals surface area contributed by atoms with Crippen LogP contribution in [0.1, 0.15) is 30.6 Å². The zero-order valence-electron chi connectivity index (χ0n) is 8.98. The van der Waals surface area contributed by atoms with Crippen molar-refractivity contribution in [1.29, 1.82) is 0 Å². The number of rotatable bonds is 3. The molecule has 2 N–H and O–H groups in total. The summed E-state index contributed by atoms with van der Waals surface area (Å²) >= 11 is 0. The quantitative estimate of drug-likeness (QED) is 0.641. The lowest BCUT2D eigenvalue weighted by Crippen LogP contribution is -2.44. The molecule has 0 radical (unpaired) electrons. The fraction of sp³-hybridized carbons (Fsp3) is 0.364. The Labute approximate surface area is 91.3 Å². The molecule has 0 aliphatic rings. The molecule has 88 valence electrons. The summed E-state index contributed by atoms with van der Waals surface area (Å²) in [7, 11) is 0. The van der Waals surface area contributed by atoms with Gasteiger partial charge in [-0.3, -0.25) is 4.79 Å². The van der Waals surface area contributed by atoms with Gasteiger partial charge < -0.3 is 5.73 Å². The smallest absolute Gasteiger partial charge is 0.195 e. The van der Waals surface area contributed by atoms with Crippen LogP contribution >= 0.6 is 0 Å². The maximum absolute atomic E-state index is 13.3. The van der Waals surface area contributed by atoms with Gasteiger partial charge in [-0.2, -0.15) is 0 Å². The highest BCUT2D eigenvalue weighted by atomic mass is 19.2. The van der Waals surface area contributed by atoms with Gasteiger partial charge in [-0.15, -0.1) is 0 Å². The first kappa shape index (κ1) is 12.7. The third-order valence-electron chi connectivity index (χ3n) is 2.53.